The van der Waals surface area contributed by atoms with Gasteiger partial charge in [-0.2, -0.15) is 0 Å². The lowest BCUT2D eigenvalue weighted by molar-refractivity contribution is 0.603. The van der Waals surface area contributed by atoms with Crippen molar-refractivity contribution in [3.05, 3.63) is 30.4 Å². The number of nitrogens with zero attached hydrogens (tertiary/aromatic N) is 2. The normalized spacial score (nSPS) is 21.2. The standard InChI is InChI=1S/C11H14N4/c12-8-3-4-9-6-14-11(15(9)7-8)10-2-1-5-13-10/h3-4,6-7,10,13H,1-2,5,12H2. The van der Waals surface area contributed by atoms with E-state index in [4.69, 9.17) is 5.73 Å². The molecule has 0 amide bonds. The molecule has 4 nitrogen and oxygen atoms in total. The maximum absolute atomic E-state index is 5.78. The Bertz CT molecular complexity index is 482. The maximum Gasteiger partial charge on any atom is 0.130 e. The minimum absolute atomic E-state index is 0.384. The molecule has 1 atom stereocenters. The van der Waals surface area contributed by atoms with Crippen molar-refractivity contribution in [2.75, 3.05) is 12.3 Å². The largest absolute Gasteiger partial charge is 0.398 e. The molecule has 15 heavy (non-hydrogen) atoms. The zero-order valence-corrected chi connectivity index (χ0v) is 8.48. The third kappa shape index (κ3) is 1.37. The van der Waals surface area contributed by atoms with Gasteiger partial charge in [0.05, 0.1) is 17.8 Å². The van der Waals surface area contributed by atoms with Gasteiger partial charge >= 0.3 is 0 Å². The van der Waals surface area contributed by atoms with Crippen LogP contribution in [-0.4, -0.2) is 15.9 Å². The van der Waals surface area contributed by atoms with Gasteiger partial charge in [0, 0.05) is 11.9 Å². The summed E-state index contributed by atoms with van der Waals surface area (Å²) in [5, 5.41) is 3.45. The molecule has 0 aromatic carbocycles. The molecule has 1 unspecified atom stereocenters. The van der Waals surface area contributed by atoms with Crippen molar-refractivity contribution >= 4 is 11.2 Å². The van der Waals surface area contributed by atoms with Crippen LogP contribution in [0.3, 0.4) is 0 Å². The van der Waals surface area contributed by atoms with Crippen molar-refractivity contribution in [3.63, 3.8) is 0 Å². The van der Waals surface area contributed by atoms with Crippen molar-refractivity contribution in [1.29, 1.82) is 0 Å². The van der Waals surface area contributed by atoms with Gasteiger partial charge in [0.1, 0.15) is 5.82 Å². The highest BCUT2D eigenvalue weighted by Crippen LogP contribution is 2.23. The summed E-state index contributed by atoms with van der Waals surface area (Å²) in [5.41, 5.74) is 7.66. The molecule has 0 bridgehead atoms. The Morgan fingerprint density at radius 2 is 2.40 bits per heavy atom. The van der Waals surface area contributed by atoms with Crippen LogP contribution in [0.15, 0.2) is 24.5 Å². The van der Waals surface area contributed by atoms with E-state index in [9.17, 15) is 0 Å². The monoisotopic (exact) mass is 202 g/mol. The summed E-state index contributed by atoms with van der Waals surface area (Å²) in [6.45, 7) is 1.09. The highest BCUT2D eigenvalue weighted by molar-refractivity contribution is 5.52. The van der Waals surface area contributed by atoms with Crippen LogP contribution in [0.5, 0.6) is 0 Å². The van der Waals surface area contributed by atoms with Gasteiger partial charge in [0.15, 0.2) is 0 Å². The number of pyridine rings is 1. The summed E-state index contributed by atoms with van der Waals surface area (Å²) < 4.78 is 2.08. The third-order valence-corrected chi connectivity index (χ3v) is 2.95. The molecule has 1 fully saturated rings. The highest BCUT2D eigenvalue weighted by Gasteiger charge is 2.20. The van der Waals surface area contributed by atoms with E-state index < -0.39 is 0 Å². The molecule has 1 aliphatic rings. The zero-order chi connectivity index (χ0) is 10.3. The maximum atomic E-state index is 5.78. The second kappa shape index (κ2) is 3.24. The van der Waals surface area contributed by atoms with Gasteiger partial charge < -0.3 is 15.5 Å². The summed E-state index contributed by atoms with van der Waals surface area (Å²) >= 11 is 0. The van der Waals surface area contributed by atoms with Gasteiger partial charge in [-0.15, -0.1) is 0 Å². The number of nitrogens with one attached hydrogen (secondary N) is 1. The second-order valence-electron chi connectivity index (χ2n) is 4.02. The Balaban J connectivity index is 2.13. The first kappa shape index (κ1) is 8.73. The van der Waals surface area contributed by atoms with E-state index in [1.807, 2.05) is 24.5 Å². The third-order valence-electron chi connectivity index (χ3n) is 2.95. The van der Waals surface area contributed by atoms with E-state index in [-0.39, 0.29) is 0 Å². The van der Waals surface area contributed by atoms with Gasteiger partial charge in [0.25, 0.3) is 0 Å². The second-order valence-corrected chi connectivity index (χ2v) is 4.02. The Hall–Kier alpha value is -1.55. The average molecular weight is 202 g/mol. The Kier molecular flexibility index (Phi) is 1.89. The van der Waals surface area contributed by atoms with Crippen LogP contribution in [-0.2, 0) is 0 Å². The summed E-state index contributed by atoms with van der Waals surface area (Å²) in [7, 11) is 0. The van der Waals surface area contributed by atoms with Gasteiger partial charge in [-0.25, -0.2) is 4.98 Å². The van der Waals surface area contributed by atoms with Crippen LogP contribution in [0.25, 0.3) is 5.52 Å². The molecule has 1 aliphatic heterocycles. The average Bonchev–Trinajstić information content (AvgIpc) is 2.83. The fourth-order valence-corrected chi connectivity index (χ4v) is 2.19. The lowest BCUT2D eigenvalue weighted by Gasteiger charge is -2.09. The van der Waals surface area contributed by atoms with Crippen LogP contribution < -0.4 is 11.1 Å². The van der Waals surface area contributed by atoms with Gasteiger partial charge in [-0.05, 0) is 31.5 Å². The zero-order valence-electron chi connectivity index (χ0n) is 8.48. The fourth-order valence-electron chi connectivity index (χ4n) is 2.19. The SMILES string of the molecule is Nc1ccc2cnc(C3CCCN3)n2c1. The van der Waals surface area contributed by atoms with Crippen LogP contribution in [0.1, 0.15) is 24.7 Å². The molecule has 4 heteroatoms. The Morgan fingerprint density at radius 3 is 3.20 bits per heavy atom. The van der Waals surface area contributed by atoms with Crippen molar-refractivity contribution < 1.29 is 0 Å². The Morgan fingerprint density at radius 1 is 1.47 bits per heavy atom. The first-order valence-electron chi connectivity index (χ1n) is 5.30. The van der Waals surface area contributed by atoms with Crippen molar-refractivity contribution in [3.8, 4) is 0 Å². The molecule has 2 aromatic heterocycles. The number of nitrogens with two attached hydrogens (primary N) is 1. The smallest absolute Gasteiger partial charge is 0.130 e. The first-order chi connectivity index (χ1) is 7.34. The first-order valence-corrected chi connectivity index (χ1v) is 5.30. The molecular weight excluding hydrogens is 188 g/mol. The van der Waals surface area contributed by atoms with E-state index in [2.05, 4.69) is 14.7 Å². The van der Waals surface area contributed by atoms with Crippen molar-refractivity contribution in [2.24, 2.45) is 0 Å². The number of rotatable bonds is 1. The Labute approximate surface area is 88.1 Å². The fraction of sp³-hybridized carbons (Fsp3) is 0.364. The molecule has 3 rings (SSSR count). The number of aromatic nitrogens is 2. The highest BCUT2D eigenvalue weighted by atomic mass is 15.1. The summed E-state index contributed by atoms with van der Waals surface area (Å²) in [4.78, 5) is 4.46. The molecule has 0 radical (unpaired) electrons. The molecule has 3 N–H and O–H groups in total. The molecule has 0 saturated carbocycles. The minimum Gasteiger partial charge on any atom is -0.398 e. The number of anilines is 1. The van der Waals surface area contributed by atoms with E-state index in [1.54, 1.807) is 0 Å². The summed E-state index contributed by atoms with van der Waals surface area (Å²) in [5.74, 6) is 1.08. The van der Waals surface area contributed by atoms with Crippen LogP contribution in [0.4, 0.5) is 5.69 Å². The number of nitrogen functional groups attached to an aromatic ring is 1. The van der Waals surface area contributed by atoms with E-state index in [0.717, 1.165) is 30.0 Å². The predicted molar refractivity (Wildman–Crippen MR) is 59.6 cm³/mol. The number of fused-ring (bicyclic) bond motifs is 1. The van der Waals surface area contributed by atoms with Crippen molar-refractivity contribution in [2.45, 2.75) is 18.9 Å². The van der Waals surface area contributed by atoms with Gasteiger partial charge in [-0.3, -0.25) is 0 Å². The molecule has 78 valence electrons. The van der Waals surface area contributed by atoms with E-state index in [0.29, 0.717) is 6.04 Å². The minimum atomic E-state index is 0.384. The molecule has 3 heterocycles. The molecular formula is C11H14N4. The molecule has 1 saturated heterocycles. The number of hydrogen-bond donors (Lipinski definition) is 2. The lowest BCUT2D eigenvalue weighted by atomic mass is 10.2. The van der Waals surface area contributed by atoms with E-state index in [1.165, 1.54) is 6.42 Å². The van der Waals surface area contributed by atoms with Crippen LogP contribution in [0, 0.1) is 0 Å². The predicted octanol–water partition coefficient (Wildman–Crippen LogP) is 1.34. The summed E-state index contributed by atoms with van der Waals surface area (Å²) in [6, 6.07) is 4.29. The summed E-state index contributed by atoms with van der Waals surface area (Å²) in [6.07, 6.45) is 6.22. The molecule has 2 aromatic rings. The van der Waals surface area contributed by atoms with Crippen molar-refractivity contribution in [1.82, 2.24) is 14.7 Å². The van der Waals surface area contributed by atoms with Crippen LogP contribution in [0.2, 0.25) is 0 Å². The van der Waals surface area contributed by atoms with Gasteiger partial charge in [-0.1, -0.05) is 0 Å². The molecule has 0 aliphatic carbocycles. The van der Waals surface area contributed by atoms with Crippen LogP contribution >= 0.6 is 0 Å². The van der Waals surface area contributed by atoms with Gasteiger partial charge in [0.2, 0.25) is 0 Å². The number of imidazole rings is 1. The quantitative estimate of drug-likeness (QED) is 0.733. The lowest BCUT2D eigenvalue weighted by Crippen LogP contribution is -2.15. The number of hydrogen-bond acceptors (Lipinski definition) is 3. The topological polar surface area (TPSA) is 55.3 Å². The molecule has 0 spiro atoms. The van der Waals surface area contributed by atoms with E-state index >= 15 is 0 Å².